The van der Waals surface area contributed by atoms with Gasteiger partial charge in [0.2, 0.25) is 0 Å². The van der Waals surface area contributed by atoms with Gasteiger partial charge in [0.25, 0.3) is 0 Å². The van der Waals surface area contributed by atoms with Crippen LogP contribution in [0, 0.1) is 19.6 Å². The van der Waals surface area contributed by atoms with Crippen LogP contribution in [-0.4, -0.2) is 3.71 Å². The van der Waals surface area contributed by atoms with Crippen LogP contribution in [0.3, 0.4) is 0 Å². The average Bonchev–Trinajstić information content (AvgIpc) is 3.49. The molecule has 2 aliphatic carbocycles. The first kappa shape index (κ1) is 35.5. The van der Waals surface area contributed by atoms with Crippen LogP contribution in [0.4, 0.5) is 0 Å². The van der Waals surface area contributed by atoms with Gasteiger partial charge in [0, 0.05) is 0 Å². The Balaban J connectivity index is 0.000000673. The van der Waals surface area contributed by atoms with Crippen molar-refractivity contribution in [1.82, 2.24) is 0 Å². The molecule has 3 aromatic rings. The number of allylic oxidation sites excluding steroid dienone is 4. The Labute approximate surface area is 253 Å². The van der Waals surface area contributed by atoms with Gasteiger partial charge >= 0.3 is 63.8 Å². The van der Waals surface area contributed by atoms with Crippen LogP contribution in [0.15, 0.2) is 78.9 Å². The van der Waals surface area contributed by atoms with Crippen LogP contribution in [0.1, 0.15) is 75.8 Å². The van der Waals surface area contributed by atoms with E-state index in [-0.39, 0.29) is 43.1 Å². The zero-order valence-corrected chi connectivity index (χ0v) is 27.4. The number of rotatable bonds is 1. The maximum absolute atomic E-state index is 3.67. The summed E-state index contributed by atoms with van der Waals surface area (Å²) in [4.78, 5) is 0. The van der Waals surface area contributed by atoms with Crippen molar-refractivity contribution >= 4 is 28.5 Å². The quantitative estimate of drug-likeness (QED) is 0.188. The van der Waals surface area contributed by atoms with Gasteiger partial charge in [-0.25, -0.2) is 12.2 Å². The Bertz CT molecular complexity index is 1110. The van der Waals surface area contributed by atoms with Crippen molar-refractivity contribution in [3.63, 3.8) is 0 Å². The summed E-state index contributed by atoms with van der Waals surface area (Å²) >= 11 is 1.46. The Morgan fingerprint density at radius 1 is 0.811 bits per heavy atom. The van der Waals surface area contributed by atoms with Crippen molar-refractivity contribution in [3.8, 4) is 11.1 Å². The second-order valence-corrected chi connectivity index (χ2v) is 11.6. The summed E-state index contributed by atoms with van der Waals surface area (Å²) in [5.74, 6) is 0. The summed E-state index contributed by atoms with van der Waals surface area (Å²) in [5, 5.41) is 0. The van der Waals surface area contributed by atoms with Gasteiger partial charge in [0.1, 0.15) is 0 Å². The van der Waals surface area contributed by atoms with E-state index in [1.54, 1.807) is 0 Å². The molecule has 3 heteroatoms. The van der Waals surface area contributed by atoms with Crippen molar-refractivity contribution in [2.75, 3.05) is 0 Å². The third-order valence-electron chi connectivity index (χ3n) is 6.02. The van der Waals surface area contributed by atoms with E-state index in [4.69, 9.17) is 0 Å². The molecule has 198 valence electrons. The molecule has 0 unspecified atom stereocenters. The third kappa shape index (κ3) is 10.3. The first-order valence-corrected chi connectivity index (χ1v) is 13.5. The Kier molecular flexibility index (Phi) is 15.1. The minimum atomic E-state index is 0. The van der Waals surface area contributed by atoms with Crippen molar-refractivity contribution in [2.45, 2.75) is 65.2 Å². The summed E-state index contributed by atoms with van der Waals surface area (Å²) in [7, 11) is 0. The second kappa shape index (κ2) is 15.8. The van der Waals surface area contributed by atoms with Gasteiger partial charge in [-0.3, -0.25) is 6.08 Å². The van der Waals surface area contributed by atoms with Gasteiger partial charge in [0.05, 0.1) is 0 Å². The van der Waals surface area contributed by atoms with Crippen LogP contribution in [-0.2, 0) is 41.5 Å². The fraction of sp³-hybridized carbons (Fsp3) is 0.294. The van der Waals surface area contributed by atoms with Crippen molar-refractivity contribution in [1.29, 1.82) is 0 Å². The first-order valence-electron chi connectivity index (χ1n) is 12.1. The molecule has 0 saturated heterocycles. The molecule has 0 aromatic heterocycles. The predicted molar refractivity (Wildman–Crippen MR) is 165 cm³/mol. The molecule has 0 heterocycles. The first-order chi connectivity index (χ1) is 16.1. The van der Waals surface area contributed by atoms with Crippen molar-refractivity contribution in [2.24, 2.45) is 0 Å². The molecule has 37 heavy (non-hydrogen) atoms. The molecule has 0 N–H and O–H groups in total. The average molecular weight is 612 g/mol. The van der Waals surface area contributed by atoms with Crippen molar-refractivity contribution < 1.29 is 24.2 Å². The summed E-state index contributed by atoms with van der Waals surface area (Å²) in [6.07, 6.45) is 11.0. The molecular formula is C34H41Cl2Zr-3. The van der Waals surface area contributed by atoms with Gasteiger partial charge in [0.15, 0.2) is 0 Å². The van der Waals surface area contributed by atoms with E-state index in [0.29, 0.717) is 0 Å². The predicted octanol–water partition coefficient (Wildman–Crippen LogP) is 9.64. The summed E-state index contributed by atoms with van der Waals surface area (Å²) in [6, 6.07) is 25.5. The molecule has 0 bridgehead atoms. The van der Waals surface area contributed by atoms with E-state index in [0.717, 1.165) is 12.8 Å². The molecule has 0 fully saturated rings. The zero-order chi connectivity index (χ0) is 24.8. The molecule has 5 rings (SSSR count). The number of hydrogen-bond acceptors (Lipinski definition) is 0. The number of hydrogen-bond donors (Lipinski definition) is 0. The van der Waals surface area contributed by atoms with E-state index in [2.05, 4.69) is 118 Å². The van der Waals surface area contributed by atoms with E-state index in [1.165, 1.54) is 63.2 Å². The second-order valence-electron chi connectivity index (χ2n) is 10.9. The fourth-order valence-corrected chi connectivity index (χ4v) is 4.39. The standard InChI is InChI=1S/C21H25.C7H6.C5H5.CH3.2ClH.Zr/c1-20(2,3)16-7-9-18-14(12-16)11-15-13-17(21(4,5)6)8-10-19(15)18;1-7-5-3-2-4-6-7;1-2-4-5-3-1;;;;/h7-10,12H,11H2,1-6H3;1-6H;1-3H,4H2;1H3;2*1H;/q-1;;2*-1;;;. The van der Waals surface area contributed by atoms with Crippen LogP contribution >= 0.6 is 24.8 Å². The van der Waals surface area contributed by atoms with Gasteiger partial charge in [-0.2, -0.15) is 29.8 Å². The summed E-state index contributed by atoms with van der Waals surface area (Å²) < 4.78 is 2.17. The molecular weight excluding hydrogens is 571 g/mol. The van der Waals surface area contributed by atoms with Crippen LogP contribution in [0.5, 0.6) is 0 Å². The molecule has 0 atom stereocenters. The fourth-order valence-electron chi connectivity index (χ4n) is 3.92. The Morgan fingerprint density at radius 2 is 1.46 bits per heavy atom. The van der Waals surface area contributed by atoms with E-state index < -0.39 is 0 Å². The molecule has 2 aliphatic rings. The molecule has 0 radical (unpaired) electrons. The van der Waals surface area contributed by atoms with Gasteiger partial charge in [-0.1, -0.05) is 65.3 Å². The molecule has 0 amide bonds. The van der Waals surface area contributed by atoms with Gasteiger partial charge in [-0.05, 0) is 28.4 Å². The van der Waals surface area contributed by atoms with Crippen LogP contribution in [0.25, 0.3) is 11.1 Å². The van der Waals surface area contributed by atoms with Gasteiger partial charge in [-0.15, -0.1) is 42.4 Å². The van der Waals surface area contributed by atoms with E-state index in [1.807, 2.05) is 18.2 Å². The monoisotopic (exact) mass is 609 g/mol. The molecule has 0 spiro atoms. The van der Waals surface area contributed by atoms with E-state index >= 15 is 0 Å². The summed E-state index contributed by atoms with van der Waals surface area (Å²) in [5.41, 5.74) is 10.0. The molecule has 3 aromatic carbocycles. The topological polar surface area (TPSA) is 0 Å². The third-order valence-corrected chi connectivity index (χ3v) is 6.84. The van der Waals surface area contributed by atoms with Crippen LogP contribution in [0.2, 0.25) is 0 Å². The number of halogens is 2. The number of benzene rings is 3. The van der Waals surface area contributed by atoms with Crippen LogP contribution < -0.4 is 0 Å². The van der Waals surface area contributed by atoms with Gasteiger partial charge < -0.3 is 7.43 Å². The number of fused-ring (bicyclic) bond motifs is 3. The zero-order valence-electron chi connectivity index (χ0n) is 23.3. The van der Waals surface area contributed by atoms with Crippen molar-refractivity contribution in [3.05, 3.63) is 126 Å². The van der Waals surface area contributed by atoms with E-state index in [9.17, 15) is 0 Å². The molecule has 0 aliphatic heterocycles. The molecule has 0 nitrogen and oxygen atoms in total. The molecule has 0 saturated carbocycles. The Morgan fingerprint density at radius 3 is 1.92 bits per heavy atom. The SMILES string of the molecule is CC(C)(C)c1[c-]c2c(cc1)-c1ccc(C(C)(C)C)cc1C2.Cl.Cl.[C-]1=CC=CC1.[CH3-].[Zr]=[CH]c1ccccc1. The maximum atomic E-state index is 3.67. The normalized spacial score (nSPS) is 12.1. The minimum absolute atomic E-state index is 0. The Hall–Kier alpha value is -1.53. The summed E-state index contributed by atoms with van der Waals surface area (Å²) in [6.45, 7) is 13.6.